The summed E-state index contributed by atoms with van der Waals surface area (Å²) in [5.41, 5.74) is 8.41. The number of anilines is 2. The first-order chi connectivity index (χ1) is 12.0. The van der Waals surface area contributed by atoms with Gasteiger partial charge >= 0.3 is 0 Å². The predicted molar refractivity (Wildman–Crippen MR) is 106 cm³/mol. The van der Waals surface area contributed by atoms with Crippen molar-refractivity contribution >= 4 is 17.3 Å². The molecule has 1 atom stereocenters. The van der Waals surface area contributed by atoms with E-state index in [4.69, 9.17) is 5.73 Å². The first-order valence-electron chi connectivity index (χ1n) is 8.97. The van der Waals surface area contributed by atoms with Gasteiger partial charge in [0, 0.05) is 24.0 Å². The molecule has 0 heterocycles. The van der Waals surface area contributed by atoms with Crippen LogP contribution in [0, 0.1) is 5.41 Å². The lowest BCUT2D eigenvalue weighted by atomic mass is 9.81. The van der Waals surface area contributed by atoms with Gasteiger partial charge in [-0.05, 0) is 49.6 Å². The standard InChI is InChI=1S/C21H29N3O/c1-4-21(5-2,15-22)20(25)24-19-13-11-18(12-14-19)23-16(3)17-9-7-6-8-10-17/h6-14,16,23H,4-5,15,22H2,1-3H3,(H,24,25). The maximum Gasteiger partial charge on any atom is 0.231 e. The average Bonchev–Trinajstić information content (AvgIpc) is 2.66. The zero-order chi connectivity index (χ0) is 18.3. The van der Waals surface area contributed by atoms with Gasteiger partial charge in [0.15, 0.2) is 0 Å². The van der Waals surface area contributed by atoms with Gasteiger partial charge in [0.05, 0.1) is 5.41 Å². The molecule has 1 unspecified atom stereocenters. The summed E-state index contributed by atoms with van der Waals surface area (Å²) in [6.07, 6.45) is 1.47. The van der Waals surface area contributed by atoms with Crippen LogP contribution in [0.4, 0.5) is 11.4 Å². The van der Waals surface area contributed by atoms with Crippen LogP contribution in [-0.4, -0.2) is 12.5 Å². The van der Waals surface area contributed by atoms with Gasteiger partial charge in [-0.1, -0.05) is 44.2 Å². The minimum absolute atomic E-state index is 0.00152. The van der Waals surface area contributed by atoms with Crippen molar-refractivity contribution in [2.24, 2.45) is 11.1 Å². The van der Waals surface area contributed by atoms with E-state index in [-0.39, 0.29) is 11.9 Å². The lowest BCUT2D eigenvalue weighted by Crippen LogP contribution is -2.41. The summed E-state index contributed by atoms with van der Waals surface area (Å²) in [6.45, 7) is 6.50. The third-order valence-corrected chi connectivity index (χ3v) is 5.05. The van der Waals surface area contributed by atoms with Crippen molar-refractivity contribution in [1.29, 1.82) is 0 Å². The van der Waals surface area contributed by atoms with Crippen LogP contribution in [0.3, 0.4) is 0 Å². The van der Waals surface area contributed by atoms with E-state index in [0.717, 1.165) is 24.2 Å². The molecule has 0 fully saturated rings. The number of nitrogens with one attached hydrogen (secondary N) is 2. The Bertz CT molecular complexity index is 655. The Labute approximate surface area is 150 Å². The summed E-state index contributed by atoms with van der Waals surface area (Å²) in [4.78, 5) is 12.6. The van der Waals surface area contributed by atoms with Gasteiger partial charge < -0.3 is 16.4 Å². The van der Waals surface area contributed by atoms with E-state index in [1.165, 1.54) is 5.56 Å². The molecule has 4 heteroatoms. The number of rotatable bonds is 8. The molecule has 0 aliphatic heterocycles. The Balaban J connectivity index is 2.01. The van der Waals surface area contributed by atoms with Crippen molar-refractivity contribution in [2.75, 3.05) is 17.2 Å². The van der Waals surface area contributed by atoms with Crippen LogP contribution in [0.1, 0.15) is 45.2 Å². The van der Waals surface area contributed by atoms with Gasteiger partial charge in [-0.2, -0.15) is 0 Å². The van der Waals surface area contributed by atoms with Gasteiger partial charge in [0.2, 0.25) is 5.91 Å². The second-order valence-electron chi connectivity index (χ2n) is 6.50. The SMILES string of the molecule is CCC(CC)(CN)C(=O)Nc1ccc(NC(C)c2ccccc2)cc1. The van der Waals surface area contributed by atoms with E-state index in [2.05, 4.69) is 29.7 Å². The van der Waals surface area contributed by atoms with Crippen LogP contribution in [0.5, 0.6) is 0 Å². The van der Waals surface area contributed by atoms with Crippen LogP contribution < -0.4 is 16.4 Å². The predicted octanol–water partition coefficient (Wildman–Crippen LogP) is 4.56. The normalized spacial score (nSPS) is 12.5. The minimum Gasteiger partial charge on any atom is -0.379 e. The Kier molecular flexibility index (Phi) is 6.59. The average molecular weight is 339 g/mol. The molecule has 0 radical (unpaired) electrons. The summed E-state index contributed by atoms with van der Waals surface area (Å²) >= 11 is 0. The molecular weight excluding hydrogens is 310 g/mol. The van der Waals surface area contributed by atoms with E-state index in [9.17, 15) is 4.79 Å². The van der Waals surface area contributed by atoms with Crippen LogP contribution in [-0.2, 0) is 4.79 Å². The maximum absolute atomic E-state index is 12.6. The zero-order valence-corrected chi connectivity index (χ0v) is 15.4. The second kappa shape index (κ2) is 8.67. The summed E-state index contributed by atoms with van der Waals surface area (Å²) in [6, 6.07) is 18.3. The molecule has 0 spiro atoms. The summed E-state index contributed by atoms with van der Waals surface area (Å²) in [5.74, 6) is -0.00152. The molecule has 25 heavy (non-hydrogen) atoms. The molecule has 2 aromatic rings. The molecule has 0 saturated heterocycles. The highest BCUT2D eigenvalue weighted by atomic mass is 16.2. The number of nitrogens with two attached hydrogens (primary N) is 1. The van der Waals surface area contributed by atoms with Crippen molar-refractivity contribution in [1.82, 2.24) is 0 Å². The topological polar surface area (TPSA) is 67.2 Å². The lowest BCUT2D eigenvalue weighted by molar-refractivity contribution is -0.125. The van der Waals surface area contributed by atoms with E-state index in [1.807, 2.05) is 56.3 Å². The molecule has 0 aromatic heterocycles. The third kappa shape index (κ3) is 4.60. The Morgan fingerprint density at radius 3 is 2.08 bits per heavy atom. The molecular formula is C21H29N3O. The van der Waals surface area contributed by atoms with Gasteiger partial charge in [0.25, 0.3) is 0 Å². The highest BCUT2D eigenvalue weighted by Gasteiger charge is 2.33. The Hall–Kier alpha value is -2.33. The first kappa shape index (κ1) is 19.0. The molecule has 4 nitrogen and oxygen atoms in total. The molecule has 1 amide bonds. The van der Waals surface area contributed by atoms with Crippen LogP contribution >= 0.6 is 0 Å². The Morgan fingerprint density at radius 2 is 1.56 bits per heavy atom. The summed E-state index contributed by atoms with van der Waals surface area (Å²) in [7, 11) is 0. The van der Waals surface area contributed by atoms with Crippen molar-refractivity contribution in [3.05, 3.63) is 60.2 Å². The maximum atomic E-state index is 12.6. The van der Waals surface area contributed by atoms with Gasteiger partial charge in [-0.3, -0.25) is 4.79 Å². The quantitative estimate of drug-likeness (QED) is 0.660. The van der Waals surface area contributed by atoms with Gasteiger partial charge in [-0.25, -0.2) is 0 Å². The van der Waals surface area contributed by atoms with E-state index in [0.29, 0.717) is 6.54 Å². The molecule has 0 aliphatic rings. The fraction of sp³-hybridized carbons (Fsp3) is 0.381. The molecule has 2 aromatic carbocycles. The molecule has 0 bridgehead atoms. The van der Waals surface area contributed by atoms with Crippen LogP contribution in [0.15, 0.2) is 54.6 Å². The fourth-order valence-corrected chi connectivity index (χ4v) is 2.94. The van der Waals surface area contributed by atoms with E-state index >= 15 is 0 Å². The largest absolute Gasteiger partial charge is 0.379 e. The number of amides is 1. The van der Waals surface area contributed by atoms with Crippen LogP contribution in [0.25, 0.3) is 0 Å². The zero-order valence-electron chi connectivity index (χ0n) is 15.4. The lowest BCUT2D eigenvalue weighted by Gasteiger charge is -2.28. The van der Waals surface area contributed by atoms with Gasteiger partial charge in [-0.15, -0.1) is 0 Å². The minimum atomic E-state index is -0.487. The smallest absolute Gasteiger partial charge is 0.231 e. The van der Waals surface area contributed by atoms with Crippen LogP contribution in [0.2, 0.25) is 0 Å². The molecule has 0 saturated carbocycles. The summed E-state index contributed by atoms with van der Waals surface area (Å²) in [5, 5.41) is 6.47. The van der Waals surface area contributed by atoms with Crippen molar-refractivity contribution in [3.8, 4) is 0 Å². The van der Waals surface area contributed by atoms with Gasteiger partial charge in [0.1, 0.15) is 0 Å². The molecule has 134 valence electrons. The van der Waals surface area contributed by atoms with Crippen molar-refractivity contribution in [3.63, 3.8) is 0 Å². The number of carbonyl (C=O) groups excluding carboxylic acids is 1. The molecule has 4 N–H and O–H groups in total. The first-order valence-corrected chi connectivity index (χ1v) is 8.97. The number of hydrogen-bond donors (Lipinski definition) is 3. The fourth-order valence-electron chi connectivity index (χ4n) is 2.94. The van der Waals surface area contributed by atoms with Crippen molar-refractivity contribution < 1.29 is 4.79 Å². The monoisotopic (exact) mass is 339 g/mol. The highest BCUT2D eigenvalue weighted by molar-refractivity contribution is 5.95. The number of carbonyl (C=O) groups is 1. The number of benzene rings is 2. The molecule has 0 aliphatic carbocycles. The third-order valence-electron chi connectivity index (χ3n) is 5.05. The van der Waals surface area contributed by atoms with E-state index < -0.39 is 5.41 Å². The number of hydrogen-bond acceptors (Lipinski definition) is 3. The molecule has 2 rings (SSSR count). The highest BCUT2D eigenvalue weighted by Crippen LogP contribution is 2.27. The Morgan fingerprint density at radius 1 is 1.00 bits per heavy atom. The van der Waals surface area contributed by atoms with E-state index in [1.54, 1.807) is 0 Å². The van der Waals surface area contributed by atoms with Crippen molar-refractivity contribution in [2.45, 2.75) is 39.7 Å². The summed E-state index contributed by atoms with van der Waals surface area (Å²) < 4.78 is 0. The second-order valence-corrected chi connectivity index (χ2v) is 6.50.